The second-order valence-electron chi connectivity index (χ2n) is 8.85. The maximum Gasteiger partial charge on any atom is 0.158 e. The van der Waals surface area contributed by atoms with Crippen LogP contribution in [0.4, 0.5) is 4.39 Å². The summed E-state index contributed by atoms with van der Waals surface area (Å²) in [5.41, 5.74) is 5.92. The number of H-pyrrole nitrogens is 2. The summed E-state index contributed by atoms with van der Waals surface area (Å²) in [5, 5.41) is 8.52. The van der Waals surface area contributed by atoms with E-state index in [1.165, 1.54) is 30.9 Å². The molecule has 0 unspecified atom stereocenters. The highest BCUT2D eigenvalue weighted by Gasteiger charge is 2.18. The van der Waals surface area contributed by atoms with Crippen molar-refractivity contribution >= 4 is 10.9 Å². The van der Waals surface area contributed by atoms with Crippen LogP contribution in [0.25, 0.3) is 44.7 Å². The highest BCUT2D eigenvalue weighted by Crippen LogP contribution is 2.37. The number of hydrogen-bond acceptors (Lipinski definition) is 4. The number of nitrogens with zero attached hydrogens (tertiary/aromatic N) is 4. The number of rotatable bonds is 5. The number of hydrogen-bond donors (Lipinski definition) is 2. The van der Waals surface area contributed by atoms with E-state index in [1.807, 2.05) is 24.5 Å². The number of imidazole rings is 1. The second-order valence-corrected chi connectivity index (χ2v) is 8.85. The topological polar surface area (TPSA) is 73.5 Å². The van der Waals surface area contributed by atoms with E-state index in [2.05, 4.69) is 42.2 Å². The van der Waals surface area contributed by atoms with Crippen molar-refractivity contribution in [3.63, 3.8) is 0 Å². The molecule has 1 fully saturated rings. The maximum atomic E-state index is 14.9. The summed E-state index contributed by atoms with van der Waals surface area (Å²) < 4.78 is 14.9. The van der Waals surface area contributed by atoms with Crippen LogP contribution in [0.2, 0.25) is 0 Å². The molecule has 0 atom stereocenters. The third-order valence-electron chi connectivity index (χ3n) is 6.54. The predicted molar refractivity (Wildman–Crippen MR) is 131 cm³/mol. The van der Waals surface area contributed by atoms with Crippen molar-refractivity contribution in [1.82, 2.24) is 30.0 Å². The van der Waals surface area contributed by atoms with Crippen LogP contribution in [0.3, 0.4) is 0 Å². The van der Waals surface area contributed by atoms with Crippen molar-refractivity contribution in [2.75, 3.05) is 13.1 Å². The predicted octanol–water partition coefficient (Wildman–Crippen LogP) is 5.81. The number of piperidine rings is 1. The summed E-state index contributed by atoms with van der Waals surface area (Å²) >= 11 is 0. The van der Waals surface area contributed by atoms with Crippen LogP contribution in [0, 0.1) is 5.82 Å². The van der Waals surface area contributed by atoms with E-state index in [0.717, 1.165) is 47.2 Å². The minimum absolute atomic E-state index is 0.271. The zero-order chi connectivity index (χ0) is 22.9. The van der Waals surface area contributed by atoms with Crippen LogP contribution >= 0.6 is 0 Å². The third-order valence-corrected chi connectivity index (χ3v) is 6.54. The lowest BCUT2D eigenvalue weighted by Crippen LogP contribution is -2.29. The largest absolute Gasteiger partial charge is 0.343 e. The molecule has 1 aliphatic rings. The Balaban J connectivity index is 1.49. The van der Waals surface area contributed by atoms with Crippen molar-refractivity contribution < 1.29 is 4.39 Å². The molecule has 1 aliphatic heterocycles. The summed E-state index contributed by atoms with van der Waals surface area (Å²) in [6.07, 6.45) is 11.1. The van der Waals surface area contributed by atoms with Gasteiger partial charge in [0, 0.05) is 53.4 Å². The molecular formula is C27H25FN6. The molecule has 0 aliphatic carbocycles. The van der Waals surface area contributed by atoms with Crippen LogP contribution in [0.5, 0.6) is 0 Å². The number of halogens is 1. The first-order valence-electron chi connectivity index (χ1n) is 11.7. The fourth-order valence-corrected chi connectivity index (χ4v) is 4.86. The van der Waals surface area contributed by atoms with Crippen LogP contribution < -0.4 is 0 Å². The number of pyridine rings is 1. The normalized spacial score (nSPS) is 14.6. The maximum absolute atomic E-state index is 14.9. The van der Waals surface area contributed by atoms with Crippen LogP contribution in [-0.4, -0.2) is 43.1 Å². The Morgan fingerprint density at radius 1 is 0.941 bits per heavy atom. The highest BCUT2D eigenvalue weighted by molar-refractivity contribution is 6.03. The van der Waals surface area contributed by atoms with Gasteiger partial charge in [0.2, 0.25) is 0 Å². The molecule has 3 aromatic heterocycles. The van der Waals surface area contributed by atoms with E-state index in [4.69, 9.17) is 0 Å². The lowest BCUT2D eigenvalue weighted by molar-refractivity contribution is 0.220. The molecule has 6 rings (SSSR count). The Morgan fingerprint density at radius 2 is 1.82 bits per heavy atom. The van der Waals surface area contributed by atoms with Gasteiger partial charge in [0.25, 0.3) is 0 Å². The molecule has 4 heterocycles. The average Bonchev–Trinajstić information content (AvgIpc) is 3.55. The van der Waals surface area contributed by atoms with E-state index in [0.29, 0.717) is 17.1 Å². The number of fused-ring (bicyclic) bond motifs is 1. The van der Waals surface area contributed by atoms with Crippen LogP contribution in [-0.2, 0) is 6.54 Å². The molecular weight excluding hydrogens is 427 g/mol. The van der Waals surface area contributed by atoms with Gasteiger partial charge in [-0.15, -0.1) is 0 Å². The van der Waals surface area contributed by atoms with Crippen LogP contribution in [0.1, 0.15) is 24.8 Å². The molecule has 7 heteroatoms. The first-order chi connectivity index (χ1) is 16.8. The summed E-state index contributed by atoms with van der Waals surface area (Å²) in [6, 6.07) is 13.1. The molecule has 170 valence electrons. The van der Waals surface area contributed by atoms with E-state index in [1.54, 1.807) is 24.5 Å². The summed E-state index contributed by atoms with van der Waals surface area (Å²) in [6.45, 7) is 3.16. The number of likely N-dealkylation sites (tertiary alicyclic amines) is 1. The smallest absolute Gasteiger partial charge is 0.158 e. The van der Waals surface area contributed by atoms with Gasteiger partial charge >= 0.3 is 0 Å². The van der Waals surface area contributed by atoms with Gasteiger partial charge in [0.05, 0.1) is 5.52 Å². The quantitative estimate of drug-likeness (QED) is 0.353. The zero-order valence-corrected chi connectivity index (χ0v) is 18.8. The summed E-state index contributed by atoms with van der Waals surface area (Å²) in [5.74, 6) is 0.395. The van der Waals surface area contributed by atoms with Crippen molar-refractivity contribution in [2.45, 2.75) is 25.8 Å². The first kappa shape index (κ1) is 20.7. The number of aromatic nitrogens is 5. The Labute approximate surface area is 196 Å². The Bertz CT molecular complexity index is 1430. The van der Waals surface area contributed by atoms with Gasteiger partial charge < -0.3 is 4.98 Å². The Hall–Kier alpha value is -3.84. The molecule has 2 aromatic carbocycles. The van der Waals surface area contributed by atoms with Crippen molar-refractivity contribution in [3.8, 4) is 33.8 Å². The molecule has 0 bridgehead atoms. The number of nitrogens with one attached hydrogen (secondary N) is 2. The van der Waals surface area contributed by atoms with E-state index in [9.17, 15) is 4.39 Å². The molecule has 2 N–H and O–H groups in total. The third kappa shape index (κ3) is 3.88. The zero-order valence-electron chi connectivity index (χ0n) is 18.8. The first-order valence-corrected chi connectivity index (χ1v) is 11.7. The molecule has 0 radical (unpaired) electrons. The fourth-order valence-electron chi connectivity index (χ4n) is 4.86. The van der Waals surface area contributed by atoms with Gasteiger partial charge in [0.1, 0.15) is 11.5 Å². The lowest BCUT2D eigenvalue weighted by Gasteiger charge is -2.26. The molecule has 0 saturated carbocycles. The monoisotopic (exact) mass is 452 g/mol. The molecule has 1 saturated heterocycles. The second kappa shape index (κ2) is 8.83. The van der Waals surface area contributed by atoms with Crippen molar-refractivity contribution in [2.24, 2.45) is 0 Å². The van der Waals surface area contributed by atoms with E-state index >= 15 is 0 Å². The Kier molecular flexibility index (Phi) is 5.39. The average molecular weight is 453 g/mol. The van der Waals surface area contributed by atoms with Crippen molar-refractivity contribution in [1.29, 1.82) is 0 Å². The summed E-state index contributed by atoms with van der Waals surface area (Å²) in [4.78, 5) is 14.5. The minimum atomic E-state index is -0.271. The number of benzene rings is 2. The number of aromatic amines is 2. The van der Waals surface area contributed by atoms with Gasteiger partial charge in [-0.25, -0.2) is 9.37 Å². The van der Waals surface area contributed by atoms with E-state index in [-0.39, 0.29) is 5.82 Å². The minimum Gasteiger partial charge on any atom is -0.343 e. The summed E-state index contributed by atoms with van der Waals surface area (Å²) in [7, 11) is 0. The molecule has 6 nitrogen and oxygen atoms in total. The van der Waals surface area contributed by atoms with Crippen molar-refractivity contribution in [3.05, 3.63) is 78.6 Å². The fraction of sp³-hybridized carbons (Fsp3) is 0.222. The van der Waals surface area contributed by atoms with Gasteiger partial charge in [-0.2, -0.15) is 5.10 Å². The standard InChI is InChI=1S/C27H25FN6/c28-24-7-3-2-6-21(24)22-13-19(14-23-25(22)32-33-26(23)27-30-8-9-31-27)20-12-18(15-29-16-20)17-34-10-4-1-5-11-34/h2-3,6-9,12-16H,1,4-5,10-11,17H2,(H,30,31)(H,32,33). The Morgan fingerprint density at radius 3 is 2.65 bits per heavy atom. The SMILES string of the molecule is Fc1ccccc1-c1cc(-c2cncc(CN3CCCCC3)c2)cc2c(-c3ncc[nH]3)n[nH]c12. The van der Waals surface area contributed by atoms with Gasteiger partial charge in [-0.1, -0.05) is 24.6 Å². The lowest BCUT2D eigenvalue weighted by atomic mass is 9.95. The van der Waals surface area contributed by atoms with Gasteiger partial charge in [-0.05, 0) is 61.3 Å². The molecule has 0 amide bonds. The molecule has 0 spiro atoms. The highest BCUT2D eigenvalue weighted by atomic mass is 19.1. The van der Waals surface area contributed by atoms with Gasteiger partial charge in [0.15, 0.2) is 5.82 Å². The van der Waals surface area contributed by atoms with Crippen LogP contribution in [0.15, 0.2) is 67.3 Å². The van der Waals surface area contributed by atoms with Gasteiger partial charge in [-0.3, -0.25) is 15.0 Å². The molecule has 34 heavy (non-hydrogen) atoms. The molecule has 5 aromatic rings. The van der Waals surface area contributed by atoms with E-state index < -0.39 is 0 Å².